The van der Waals surface area contributed by atoms with Crippen LogP contribution in [0.1, 0.15) is 193 Å². The molecule has 0 radical (unpaired) electrons. The molecule has 512 valence electrons. The number of esters is 5. The Balaban J connectivity index is 0.000000194. The standard InChI is InChI=1S/C20H29F3O7S.C18H13S.C15H28O2.C12H14O5.C7H12O2/c1-4-17(2,3)15(24)30-19-8-12-5-13(9-19)7-18(6-12,11-19)16(25)29-14(20(21,22)23)10-31(26,27)28;1-2-8-14(9-3-1)19-17-12-6-4-10-15(17)16-11-5-7-13-18(16)19;1-7-14(5,6)12(16)17-15(13(2,3)4)10-8-9-11-15;1-4-12(2,3)11(16)17-10-6-8(14)7(13)5-9(10)15;1-3-7(2)4-5-9-6(7)8/h12-14H,4-11H2,1-3H3,(H,26,27,28);1-13H;7-11H2,1-6H3;5-6,13H,4H2,1-3H3;3-5H2,1-2H3/q;+1;;;/p-1. The molecule has 4 atom stereocenters. The summed E-state index contributed by atoms with van der Waals surface area (Å²) in [5, 5.41) is 11.8. The predicted octanol–water partition coefficient (Wildman–Crippen LogP) is 16.2. The Bertz CT molecular complexity index is 3500. The summed E-state index contributed by atoms with van der Waals surface area (Å²) >= 11 is 0. The molecule has 7 aliphatic rings. The molecule has 3 aromatic carbocycles. The van der Waals surface area contributed by atoms with E-state index in [1.807, 2.05) is 48.5 Å². The van der Waals surface area contributed by atoms with Gasteiger partial charge in [-0.2, -0.15) is 13.2 Å². The molecule has 0 spiro atoms. The summed E-state index contributed by atoms with van der Waals surface area (Å²) in [5.74, 6) is -6.51. The van der Waals surface area contributed by atoms with Crippen molar-refractivity contribution in [1.82, 2.24) is 0 Å². The Morgan fingerprint density at radius 1 is 0.677 bits per heavy atom. The second-order valence-electron chi connectivity index (χ2n) is 29.1. The molecule has 5 saturated carbocycles. The highest BCUT2D eigenvalue weighted by molar-refractivity contribution is 7.85. The summed E-state index contributed by atoms with van der Waals surface area (Å²) in [7, 11) is -5.21. The maximum Gasteiger partial charge on any atom is 0.426 e. The Labute approximate surface area is 548 Å². The van der Waals surface area contributed by atoms with E-state index in [-0.39, 0.29) is 68.3 Å². The number of halogens is 3. The average Bonchev–Trinajstić information content (AvgIpc) is 1.54. The lowest BCUT2D eigenvalue weighted by Crippen LogP contribution is -2.61. The lowest BCUT2D eigenvalue weighted by molar-refractivity contribution is -0.239. The van der Waals surface area contributed by atoms with Crippen molar-refractivity contribution in [3.8, 4) is 4.90 Å². The van der Waals surface area contributed by atoms with Crippen LogP contribution in [0.5, 0.6) is 0 Å². The highest BCUT2D eigenvalue weighted by atomic mass is 32.2. The first kappa shape index (κ1) is 75.6. The minimum absolute atomic E-state index is 0.00100. The largest absolute Gasteiger partial charge is 0.748 e. The Kier molecular flexibility index (Phi) is 23.8. The van der Waals surface area contributed by atoms with Crippen molar-refractivity contribution >= 4 is 82.2 Å². The smallest absolute Gasteiger partial charge is 0.426 e. The van der Waals surface area contributed by atoms with Gasteiger partial charge >= 0.3 is 36.0 Å². The third-order valence-corrected chi connectivity index (χ3v) is 23.0. The molecular formula is C72H95F3O16S2. The van der Waals surface area contributed by atoms with Crippen molar-refractivity contribution in [2.75, 3.05) is 12.4 Å². The normalized spacial score (nSPS) is 23.6. The van der Waals surface area contributed by atoms with E-state index in [1.165, 1.54) is 37.9 Å². The number of ketones is 2. The highest BCUT2D eigenvalue weighted by Crippen LogP contribution is 2.64. The van der Waals surface area contributed by atoms with E-state index in [0.29, 0.717) is 45.1 Å². The van der Waals surface area contributed by atoms with Crippen molar-refractivity contribution in [2.24, 2.45) is 44.3 Å². The van der Waals surface area contributed by atoms with Crippen molar-refractivity contribution in [3.05, 3.63) is 103 Å². The number of thiophene rings is 1. The number of cyclic esters (lactones) is 1. The van der Waals surface area contributed by atoms with Gasteiger partial charge in [-0.25, -0.2) is 8.42 Å². The quantitative estimate of drug-likeness (QED) is 0.0382. The molecule has 0 amide bonds. The molecular weight excluding hydrogens is 1240 g/mol. The van der Waals surface area contributed by atoms with Gasteiger partial charge in [0, 0.05) is 45.2 Å². The number of aliphatic hydroxyl groups excluding tert-OH is 1. The maximum atomic E-state index is 13.3. The van der Waals surface area contributed by atoms with Gasteiger partial charge in [-0.1, -0.05) is 90.9 Å². The lowest BCUT2D eigenvalue weighted by atomic mass is 9.48. The van der Waals surface area contributed by atoms with Crippen molar-refractivity contribution in [2.45, 2.75) is 217 Å². The zero-order chi connectivity index (χ0) is 69.6. The molecule has 1 saturated heterocycles. The van der Waals surface area contributed by atoms with Gasteiger partial charge < -0.3 is 33.3 Å². The number of rotatable bonds is 15. The lowest BCUT2D eigenvalue weighted by Gasteiger charge is -2.60. The predicted molar refractivity (Wildman–Crippen MR) is 350 cm³/mol. The number of aliphatic hydroxyl groups is 1. The highest BCUT2D eigenvalue weighted by Gasteiger charge is 2.64. The van der Waals surface area contributed by atoms with Gasteiger partial charge in [0.25, 0.3) is 0 Å². The molecule has 6 aliphatic carbocycles. The Morgan fingerprint density at radius 3 is 1.60 bits per heavy atom. The molecule has 11 rings (SSSR count). The van der Waals surface area contributed by atoms with Gasteiger partial charge in [0.1, 0.15) is 11.2 Å². The van der Waals surface area contributed by atoms with Crippen LogP contribution in [-0.4, -0.2) is 95.3 Å². The molecule has 21 heteroatoms. The van der Waals surface area contributed by atoms with E-state index in [0.717, 1.165) is 50.7 Å². The molecule has 1 N–H and O–H groups in total. The monoisotopic (exact) mass is 1340 g/mol. The van der Waals surface area contributed by atoms with Crippen molar-refractivity contribution < 1.29 is 88.5 Å². The number of carbonyl (C=O) groups is 7. The molecule has 2 heterocycles. The minimum Gasteiger partial charge on any atom is -0.748 e. The van der Waals surface area contributed by atoms with E-state index in [4.69, 9.17) is 24.1 Å². The van der Waals surface area contributed by atoms with E-state index in [9.17, 15) is 59.7 Å². The van der Waals surface area contributed by atoms with Gasteiger partial charge in [0.2, 0.25) is 17.7 Å². The van der Waals surface area contributed by atoms with Crippen LogP contribution in [0, 0.1) is 44.3 Å². The fourth-order valence-corrected chi connectivity index (χ4v) is 15.7. The number of alkyl halides is 3. The molecule has 1 aromatic heterocycles. The van der Waals surface area contributed by atoms with Gasteiger partial charge in [-0.05, 0) is 187 Å². The first-order chi connectivity index (χ1) is 43.1. The Hall–Kier alpha value is -6.45. The molecule has 93 heavy (non-hydrogen) atoms. The van der Waals surface area contributed by atoms with E-state index >= 15 is 0 Å². The second-order valence-corrected chi connectivity index (χ2v) is 32.5. The van der Waals surface area contributed by atoms with Gasteiger partial charge in [0.05, 0.1) is 49.6 Å². The first-order valence-corrected chi connectivity index (χ1v) is 35.1. The zero-order valence-electron chi connectivity index (χ0n) is 56.4. The first-order valence-electron chi connectivity index (χ1n) is 32.3. The van der Waals surface area contributed by atoms with Crippen LogP contribution < -0.4 is 0 Å². The molecule has 4 aromatic rings. The number of benzene rings is 3. The number of hydrogen-bond acceptors (Lipinski definition) is 16. The summed E-state index contributed by atoms with van der Waals surface area (Å²) in [6.07, 6.45) is 3.96. The summed E-state index contributed by atoms with van der Waals surface area (Å²) in [6, 6.07) is 28.4. The fraction of sp³-hybridized carbons (Fsp3) is 0.597. The third kappa shape index (κ3) is 18.1. The number of hydrogen-bond donors (Lipinski definition) is 1. The van der Waals surface area contributed by atoms with Crippen molar-refractivity contribution in [3.63, 3.8) is 0 Å². The van der Waals surface area contributed by atoms with Crippen LogP contribution in [0.2, 0.25) is 0 Å². The van der Waals surface area contributed by atoms with Crippen LogP contribution in [-0.2, 0) is 67.4 Å². The number of carbonyl (C=O) groups excluding carboxylic acids is 7. The summed E-state index contributed by atoms with van der Waals surface area (Å²) < 4.78 is 102. The summed E-state index contributed by atoms with van der Waals surface area (Å²) in [5.41, 5.74) is -4.42. The molecule has 4 unspecified atom stereocenters. The van der Waals surface area contributed by atoms with Crippen LogP contribution in [0.15, 0.2) is 103 Å². The van der Waals surface area contributed by atoms with Crippen LogP contribution >= 0.6 is 10.5 Å². The van der Waals surface area contributed by atoms with Crippen LogP contribution in [0.3, 0.4) is 0 Å². The summed E-state index contributed by atoms with van der Waals surface area (Å²) in [4.78, 5) is 84.4. The Morgan fingerprint density at radius 2 is 1.16 bits per heavy atom. The van der Waals surface area contributed by atoms with Gasteiger partial charge in [-0.3, -0.25) is 33.6 Å². The number of ether oxygens (including phenoxy) is 5. The van der Waals surface area contributed by atoms with Crippen LogP contribution in [0.4, 0.5) is 13.2 Å². The topological polar surface area (TPSA) is 243 Å². The van der Waals surface area contributed by atoms with E-state index in [2.05, 4.69) is 104 Å². The number of fused-ring (bicyclic) bond motifs is 3. The molecule has 6 fully saturated rings. The summed E-state index contributed by atoms with van der Waals surface area (Å²) in [6.45, 7) is 27.7. The van der Waals surface area contributed by atoms with Crippen molar-refractivity contribution in [1.29, 1.82) is 0 Å². The molecule has 4 bridgehead atoms. The maximum absolute atomic E-state index is 13.3. The fourth-order valence-electron chi connectivity index (χ4n) is 12.7. The SMILES string of the molecule is CCC(C)(C)C(=O)OC1(C(C)(C)C)CCCC1.CCC(C)(C)C(=O)OC12CC3CC(C1)CC(C(=O)OC(CS(=O)(=O)[O-])C(F)(F)F)(C3)C2.CCC(C)(C)C(=O)OC1=CC(=O)C(O)=CC1=O.CCC1(C)CCOC1=O.c1ccc(-[s+]2c3ccccc3c3ccccc32)cc1. The minimum atomic E-state index is -5.27. The van der Waals surface area contributed by atoms with E-state index < -0.39 is 85.2 Å². The average molecular weight is 1340 g/mol. The third-order valence-electron chi connectivity index (χ3n) is 20.0. The van der Waals surface area contributed by atoms with Crippen LogP contribution in [0.25, 0.3) is 25.1 Å². The second kappa shape index (κ2) is 29.3. The van der Waals surface area contributed by atoms with E-state index in [1.54, 1.807) is 27.7 Å². The zero-order valence-corrected chi connectivity index (χ0v) is 58.1. The molecule has 16 nitrogen and oxygen atoms in total. The van der Waals surface area contributed by atoms with Gasteiger partial charge in [-0.15, -0.1) is 0 Å². The van der Waals surface area contributed by atoms with Gasteiger partial charge in [0.15, 0.2) is 25.8 Å². The number of allylic oxidation sites excluding steroid dienone is 2. The molecule has 1 aliphatic heterocycles.